The van der Waals surface area contributed by atoms with Gasteiger partial charge in [-0.2, -0.15) is 0 Å². The fourth-order valence-corrected chi connectivity index (χ4v) is 3.17. The topological polar surface area (TPSA) is 41.6 Å². The zero-order valence-electron chi connectivity index (χ0n) is 15.7. The average Bonchev–Trinajstić information content (AvgIpc) is 2.68. The summed E-state index contributed by atoms with van der Waals surface area (Å²) in [4.78, 5) is 14.9. The second kappa shape index (κ2) is 8.75. The van der Waals surface area contributed by atoms with E-state index >= 15 is 0 Å². The molecule has 0 unspecified atom stereocenters. The van der Waals surface area contributed by atoms with Crippen molar-refractivity contribution in [2.75, 3.05) is 29.9 Å². The number of ether oxygens (including phenoxy) is 1. The summed E-state index contributed by atoms with van der Waals surface area (Å²) in [5, 5.41) is 2.97. The molecule has 0 radical (unpaired) electrons. The van der Waals surface area contributed by atoms with Crippen molar-refractivity contribution in [1.82, 2.24) is 0 Å². The molecule has 26 heavy (non-hydrogen) atoms. The number of rotatable bonds is 6. The van der Waals surface area contributed by atoms with Crippen LogP contribution in [0.3, 0.4) is 0 Å². The maximum absolute atomic E-state index is 12.5. The van der Waals surface area contributed by atoms with Gasteiger partial charge in [0.2, 0.25) is 0 Å². The smallest absolute Gasteiger partial charge is 0.255 e. The molecule has 1 heterocycles. The Kier molecular flexibility index (Phi) is 6.16. The lowest BCUT2D eigenvalue weighted by atomic mass is 9.99. The Balaban J connectivity index is 1.61. The molecule has 2 aromatic carbocycles. The summed E-state index contributed by atoms with van der Waals surface area (Å²) >= 11 is 0. The highest BCUT2D eigenvalue weighted by Gasteiger charge is 2.16. The van der Waals surface area contributed by atoms with E-state index in [1.54, 1.807) is 12.1 Å². The molecule has 1 saturated heterocycles. The Morgan fingerprint density at radius 2 is 1.88 bits per heavy atom. The van der Waals surface area contributed by atoms with Gasteiger partial charge < -0.3 is 15.0 Å². The van der Waals surface area contributed by atoms with Gasteiger partial charge in [0.05, 0.1) is 6.61 Å². The molecule has 0 spiro atoms. The standard InChI is InChI=1S/C22H28N2O2/c1-3-15-26-21-6-4-5-18(16-21)22(25)23-19-7-9-20(10-8-19)24-13-11-17(2)12-14-24/h4-10,16-17H,3,11-15H2,1-2H3,(H,23,25). The summed E-state index contributed by atoms with van der Waals surface area (Å²) in [5.74, 6) is 1.43. The van der Waals surface area contributed by atoms with Gasteiger partial charge in [0.1, 0.15) is 5.75 Å². The first kappa shape index (κ1) is 18.3. The van der Waals surface area contributed by atoms with Crippen molar-refractivity contribution in [3.8, 4) is 5.75 Å². The molecular formula is C22H28N2O2. The van der Waals surface area contributed by atoms with Crippen LogP contribution in [-0.4, -0.2) is 25.6 Å². The van der Waals surface area contributed by atoms with Crippen LogP contribution < -0.4 is 15.0 Å². The van der Waals surface area contributed by atoms with Crippen LogP contribution in [-0.2, 0) is 0 Å². The average molecular weight is 352 g/mol. The number of carbonyl (C=O) groups excluding carboxylic acids is 1. The SMILES string of the molecule is CCCOc1cccc(C(=O)Nc2ccc(N3CCC(C)CC3)cc2)c1. The van der Waals surface area contributed by atoms with Crippen molar-refractivity contribution >= 4 is 17.3 Å². The third-order valence-electron chi connectivity index (χ3n) is 4.84. The van der Waals surface area contributed by atoms with Crippen LogP contribution in [0.5, 0.6) is 5.75 Å². The van der Waals surface area contributed by atoms with Gasteiger partial charge in [-0.1, -0.05) is 19.9 Å². The predicted octanol–water partition coefficient (Wildman–Crippen LogP) is 4.96. The lowest BCUT2D eigenvalue weighted by Gasteiger charge is -2.32. The van der Waals surface area contributed by atoms with E-state index in [1.165, 1.54) is 18.5 Å². The number of benzene rings is 2. The zero-order chi connectivity index (χ0) is 18.4. The van der Waals surface area contributed by atoms with E-state index in [1.807, 2.05) is 24.3 Å². The summed E-state index contributed by atoms with van der Waals surface area (Å²) in [5.41, 5.74) is 2.64. The molecule has 138 valence electrons. The van der Waals surface area contributed by atoms with Crippen LogP contribution in [0, 0.1) is 5.92 Å². The largest absolute Gasteiger partial charge is 0.494 e. The van der Waals surface area contributed by atoms with Gasteiger partial charge in [-0.15, -0.1) is 0 Å². The number of piperidine rings is 1. The molecule has 0 aromatic heterocycles. The van der Waals surface area contributed by atoms with Crippen molar-refractivity contribution in [3.05, 3.63) is 54.1 Å². The third kappa shape index (κ3) is 4.78. The molecule has 3 rings (SSSR count). The molecule has 1 aliphatic heterocycles. The minimum Gasteiger partial charge on any atom is -0.494 e. The van der Waals surface area contributed by atoms with E-state index in [-0.39, 0.29) is 5.91 Å². The van der Waals surface area contributed by atoms with Gasteiger partial charge in [-0.05, 0) is 67.6 Å². The van der Waals surface area contributed by atoms with Gasteiger partial charge in [0, 0.05) is 30.0 Å². The first-order valence-electron chi connectivity index (χ1n) is 9.55. The van der Waals surface area contributed by atoms with Gasteiger partial charge in [0.25, 0.3) is 5.91 Å². The lowest BCUT2D eigenvalue weighted by molar-refractivity contribution is 0.102. The number of carbonyl (C=O) groups is 1. The molecule has 0 aliphatic carbocycles. The van der Waals surface area contributed by atoms with Crippen LogP contribution in [0.4, 0.5) is 11.4 Å². The second-order valence-electron chi connectivity index (χ2n) is 7.05. The summed E-state index contributed by atoms with van der Waals surface area (Å²) in [7, 11) is 0. The number of hydrogen-bond acceptors (Lipinski definition) is 3. The maximum Gasteiger partial charge on any atom is 0.255 e. The Morgan fingerprint density at radius 1 is 1.15 bits per heavy atom. The molecule has 0 atom stereocenters. The van der Waals surface area contributed by atoms with Crippen molar-refractivity contribution in [1.29, 1.82) is 0 Å². The first-order valence-corrected chi connectivity index (χ1v) is 9.55. The maximum atomic E-state index is 12.5. The normalized spacial score (nSPS) is 14.9. The second-order valence-corrected chi connectivity index (χ2v) is 7.05. The fraction of sp³-hybridized carbons (Fsp3) is 0.409. The lowest BCUT2D eigenvalue weighted by Crippen LogP contribution is -2.32. The van der Waals surface area contributed by atoms with E-state index in [9.17, 15) is 4.79 Å². The Labute approximate surface area is 156 Å². The monoisotopic (exact) mass is 352 g/mol. The summed E-state index contributed by atoms with van der Waals surface area (Å²) in [6.07, 6.45) is 3.43. The van der Waals surface area contributed by atoms with Gasteiger partial charge in [0.15, 0.2) is 0 Å². The van der Waals surface area contributed by atoms with E-state index < -0.39 is 0 Å². The molecule has 1 fully saturated rings. The molecule has 0 saturated carbocycles. The number of anilines is 2. The molecular weight excluding hydrogens is 324 g/mol. The van der Waals surface area contributed by atoms with Crippen LogP contribution >= 0.6 is 0 Å². The molecule has 0 bridgehead atoms. The van der Waals surface area contributed by atoms with E-state index in [2.05, 4.69) is 36.2 Å². The van der Waals surface area contributed by atoms with Crippen molar-refractivity contribution in [2.45, 2.75) is 33.1 Å². The summed E-state index contributed by atoms with van der Waals surface area (Å²) < 4.78 is 5.60. The van der Waals surface area contributed by atoms with Gasteiger partial charge >= 0.3 is 0 Å². The number of hydrogen-bond donors (Lipinski definition) is 1. The molecule has 1 amide bonds. The highest BCUT2D eigenvalue weighted by molar-refractivity contribution is 6.04. The number of amides is 1. The van der Waals surface area contributed by atoms with Crippen molar-refractivity contribution in [3.63, 3.8) is 0 Å². The number of nitrogens with one attached hydrogen (secondary N) is 1. The molecule has 4 nitrogen and oxygen atoms in total. The summed E-state index contributed by atoms with van der Waals surface area (Å²) in [6.45, 7) is 7.25. The Bertz CT molecular complexity index is 719. The highest BCUT2D eigenvalue weighted by Crippen LogP contribution is 2.24. The predicted molar refractivity (Wildman–Crippen MR) is 107 cm³/mol. The molecule has 2 aromatic rings. The van der Waals surface area contributed by atoms with Crippen LogP contribution in [0.25, 0.3) is 0 Å². The van der Waals surface area contributed by atoms with Gasteiger partial charge in [-0.25, -0.2) is 0 Å². The Hall–Kier alpha value is -2.49. The molecule has 1 aliphatic rings. The van der Waals surface area contributed by atoms with E-state index in [4.69, 9.17) is 4.74 Å². The van der Waals surface area contributed by atoms with Gasteiger partial charge in [-0.3, -0.25) is 4.79 Å². The molecule has 4 heteroatoms. The van der Waals surface area contributed by atoms with Crippen molar-refractivity contribution < 1.29 is 9.53 Å². The summed E-state index contributed by atoms with van der Waals surface area (Å²) in [6, 6.07) is 15.4. The van der Waals surface area contributed by atoms with Crippen molar-refractivity contribution in [2.24, 2.45) is 5.92 Å². The fourth-order valence-electron chi connectivity index (χ4n) is 3.17. The van der Waals surface area contributed by atoms with E-state index in [0.29, 0.717) is 12.2 Å². The minimum absolute atomic E-state index is 0.119. The van der Waals surface area contributed by atoms with Crippen LogP contribution in [0.2, 0.25) is 0 Å². The minimum atomic E-state index is -0.119. The third-order valence-corrected chi connectivity index (χ3v) is 4.84. The Morgan fingerprint density at radius 3 is 2.58 bits per heavy atom. The first-order chi connectivity index (χ1) is 12.7. The quantitative estimate of drug-likeness (QED) is 0.798. The molecule has 1 N–H and O–H groups in total. The number of nitrogens with zero attached hydrogens (tertiary/aromatic N) is 1. The highest BCUT2D eigenvalue weighted by atomic mass is 16.5. The van der Waals surface area contributed by atoms with Crippen LogP contribution in [0.15, 0.2) is 48.5 Å². The van der Waals surface area contributed by atoms with E-state index in [0.717, 1.165) is 36.9 Å². The zero-order valence-corrected chi connectivity index (χ0v) is 15.7. The van der Waals surface area contributed by atoms with Crippen LogP contribution in [0.1, 0.15) is 43.5 Å².